The van der Waals surface area contributed by atoms with E-state index in [0.29, 0.717) is 16.4 Å². The number of halogens is 2. The lowest BCUT2D eigenvalue weighted by Gasteiger charge is -2.24. The molecule has 0 N–H and O–H groups in total. The number of anilines is 1. The van der Waals surface area contributed by atoms with Crippen molar-refractivity contribution < 1.29 is 17.6 Å². The molecule has 3 rings (SSSR count). The Morgan fingerprint density at radius 1 is 1.03 bits per heavy atom. The Kier molecular flexibility index (Phi) is 8.93. The number of likely N-dealkylation sites (N-methyl/N-ethyl adjacent to an activating group) is 1. The predicted molar refractivity (Wildman–Crippen MR) is 125 cm³/mol. The van der Waals surface area contributed by atoms with Gasteiger partial charge in [0.05, 0.1) is 9.60 Å². The summed E-state index contributed by atoms with van der Waals surface area (Å²) in [6.07, 6.45) is 0. The predicted octanol–water partition coefficient (Wildman–Crippen LogP) is 4.01. The number of amides is 1. The second-order valence-corrected chi connectivity index (χ2v) is 9.73. The zero-order chi connectivity index (χ0) is 21.7. The normalized spacial score (nSPS) is 11.5. The van der Waals surface area contributed by atoms with Crippen LogP contribution in [0.1, 0.15) is 13.8 Å². The zero-order valence-corrected chi connectivity index (χ0v) is 19.8. The highest BCUT2D eigenvalue weighted by atomic mass is 35.5. The van der Waals surface area contributed by atoms with Crippen LogP contribution in [0, 0.1) is 5.82 Å². The maximum absolute atomic E-state index is 14.1. The highest BCUT2D eigenvalue weighted by Gasteiger charge is 2.27. The molecule has 0 aliphatic carbocycles. The Bertz CT molecular complexity index is 1120. The first-order chi connectivity index (χ1) is 14.4. The lowest BCUT2D eigenvalue weighted by Crippen LogP contribution is -2.41. The second kappa shape index (κ2) is 11.0. The van der Waals surface area contributed by atoms with E-state index >= 15 is 0 Å². The van der Waals surface area contributed by atoms with E-state index in [0.717, 1.165) is 13.1 Å². The lowest BCUT2D eigenvalue weighted by molar-refractivity contribution is -0.116. The standard InChI is InChI=1S/C21H24FN3O3S2.ClH/c1-3-24(4-2)13-14-25(21-23-20-17(22)11-8-12-18(20)29-21)19(26)15-30(27,28)16-9-6-5-7-10-16;/h5-12H,3-4,13-15H2,1-2H3;1H. The summed E-state index contributed by atoms with van der Waals surface area (Å²) in [5.74, 6) is -1.72. The summed E-state index contributed by atoms with van der Waals surface area (Å²) in [4.78, 5) is 21.0. The van der Waals surface area contributed by atoms with Crippen LogP contribution in [-0.4, -0.2) is 56.1 Å². The molecule has 6 nitrogen and oxygen atoms in total. The van der Waals surface area contributed by atoms with Gasteiger partial charge in [0.25, 0.3) is 0 Å². The molecule has 0 saturated heterocycles. The molecule has 0 aliphatic heterocycles. The van der Waals surface area contributed by atoms with Crippen LogP contribution < -0.4 is 4.90 Å². The molecule has 168 valence electrons. The van der Waals surface area contributed by atoms with Gasteiger partial charge < -0.3 is 4.90 Å². The fourth-order valence-corrected chi connectivity index (χ4v) is 5.32. The highest BCUT2D eigenvalue weighted by molar-refractivity contribution is 7.92. The molecule has 0 unspecified atom stereocenters. The number of nitrogens with zero attached hydrogens (tertiary/aromatic N) is 3. The van der Waals surface area contributed by atoms with Gasteiger partial charge >= 0.3 is 0 Å². The largest absolute Gasteiger partial charge is 0.302 e. The van der Waals surface area contributed by atoms with Crippen LogP contribution in [0.25, 0.3) is 10.2 Å². The highest BCUT2D eigenvalue weighted by Crippen LogP contribution is 2.30. The van der Waals surface area contributed by atoms with Crippen molar-refractivity contribution in [1.29, 1.82) is 0 Å². The third kappa shape index (κ3) is 6.00. The minimum absolute atomic E-state index is 0. The maximum Gasteiger partial charge on any atom is 0.244 e. The lowest BCUT2D eigenvalue weighted by atomic mass is 10.3. The van der Waals surface area contributed by atoms with Crippen LogP contribution in [0.15, 0.2) is 53.4 Å². The first-order valence-electron chi connectivity index (χ1n) is 9.71. The molecule has 10 heteroatoms. The summed E-state index contributed by atoms with van der Waals surface area (Å²) >= 11 is 1.18. The van der Waals surface area contributed by atoms with Gasteiger partial charge in [-0.25, -0.2) is 17.8 Å². The van der Waals surface area contributed by atoms with Gasteiger partial charge in [0.2, 0.25) is 5.91 Å². The summed E-state index contributed by atoms with van der Waals surface area (Å²) in [6.45, 7) is 6.46. The first kappa shape index (κ1) is 25.2. The Morgan fingerprint density at radius 2 is 1.71 bits per heavy atom. The van der Waals surface area contributed by atoms with E-state index in [2.05, 4.69) is 9.88 Å². The Morgan fingerprint density at radius 3 is 2.32 bits per heavy atom. The number of para-hydroxylation sites is 1. The second-order valence-electron chi connectivity index (χ2n) is 6.73. The van der Waals surface area contributed by atoms with Crippen LogP contribution in [0.3, 0.4) is 0 Å². The average molecular weight is 486 g/mol. The van der Waals surface area contributed by atoms with Crippen molar-refractivity contribution in [2.45, 2.75) is 18.7 Å². The topological polar surface area (TPSA) is 70.6 Å². The number of aromatic nitrogens is 1. The number of carbonyl (C=O) groups is 1. The fraction of sp³-hybridized carbons (Fsp3) is 0.333. The number of fused-ring (bicyclic) bond motifs is 1. The van der Waals surface area contributed by atoms with Crippen molar-refractivity contribution >= 4 is 54.8 Å². The molecular weight excluding hydrogens is 461 g/mol. The number of hydrogen-bond acceptors (Lipinski definition) is 6. The van der Waals surface area contributed by atoms with Gasteiger partial charge in [-0.05, 0) is 37.4 Å². The van der Waals surface area contributed by atoms with E-state index in [4.69, 9.17) is 0 Å². The number of rotatable bonds is 9. The average Bonchev–Trinajstić information content (AvgIpc) is 3.17. The van der Waals surface area contributed by atoms with Crippen molar-refractivity contribution in [1.82, 2.24) is 9.88 Å². The third-order valence-electron chi connectivity index (χ3n) is 4.84. The summed E-state index contributed by atoms with van der Waals surface area (Å²) in [6, 6.07) is 12.5. The molecule has 0 saturated carbocycles. The number of thiazole rings is 1. The SMILES string of the molecule is CCN(CC)CCN(C(=O)CS(=O)(=O)c1ccccc1)c1nc2c(F)cccc2s1.Cl. The molecule has 0 fully saturated rings. The number of benzene rings is 2. The molecule has 0 spiro atoms. The van der Waals surface area contributed by atoms with Gasteiger partial charge in [-0.1, -0.05) is 49.4 Å². The summed E-state index contributed by atoms with van der Waals surface area (Å²) in [5, 5.41) is 0.301. The van der Waals surface area contributed by atoms with Gasteiger partial charge in [0, 0.05) is 13.1 Å². The van der Waals surface area contributed by atoms with Crippen LogP contribution in [-0.2, 0) is 14.6 Å². The Balaban J connectivity index is 0.00000341. The molecule has 2 aromatic carbocycles. The molecule has 0 aliphatic rings. The Labute approximate surface area is 192 Å². The van der Waals surface area contributed by atoms with Crippen molar-refractivity contribution in [3.63, 3.8) is 0 Å². The summed E-state index contributed by atoms with van der Waals surface area (Å²) < 4.78 is 40.2. The molecule has 0 bridgehead atoms. The Hall–Kier alpha value is -2.07. The minimum atomic E-state index is -3.80. The number of carbonyl (C=O) groups excluding carboxylic acids is 1. The monoisotopic (exact) mass is 485 g/mol. The van der Waals surface area contributed by atoms with Crippen molar-refractivity contribution in [3.8, 4) is 0 Å². The van der Waals surface area contributed by atoms with Crippen LogP contribution in [0.4, 0.5) is 9.52 Å². The van der Waals surface area contributed by atoms with Gasteiger partial charge in [-0.15, -0.1) is 12.4 Å². The van der Waals surface area contributed by atoms with E-state index in [9.17, 15) is 17.6 Å². The van der Waals surface area contributed by atoms with Crippen LogP contribution in [0.2, 0.25) is 0 Å². The minimum Gasteiger partial charge on any atom is -0.302 e. The van der Waals surface area contributed by atoms with E-state index < -0.39 is 27.3 Å². The van der Waals surface area contributed by atoms with Crippen molar-refractivity contribution in [3.05, 3.63) is 54.3 Å². The van der Waals surface area contributed by atoms with Crippen LogP contribution >= 0.6 is 23.7 Å². The molecule has 0 atom stereocenters. The quantitative estimate of drug-likeness (QED) is 0.458. The fourth-order valence-electron chi connectivity index (χ4n) is 3.08. The van der Waals surface area contributed by atoms with E-state index in [1.807, 2.05) is 13.8 Å². The summed E-state index contributed by atoms with van der Waals surface area (Å²) in [7, 11) is -3.80. The molecular formula is C21H25ClFN3O3S2. The molecule has 1 amide bonds. The third-order valence-corrected chi connectivity index (χ3v) is 7.50. The summed E-state index contributed by atoms with van der Waals surface area (Å²) in [5.41, 5.74) is 0.184. The van der Waals surface area contributed by atoms with E-state index in [1.54, 1.807) is 30.3 Å². The number of hydrogen-bond donors (Lipinski definition) is 0. The van der Waals surface area contributed by atoms with E-state index in [1.165, 1.54) is 34.4 Å². The maximum atomic E-state index is 14.1. The molecule has 3 aromatic rings. The first-order valence-corrected chi connectivity index (χ1v) is 12.2. The molecule has 31 heavy (non-hydrogen) atoms. The van der Waals surface area contributed by atoms with Gasteiger partial charge in [0.1, 0.15) is 17.1 Å². The van der Waals surface area contributed by atoms with Crippen molar-refractivity contribution in [2.24, 2.45) is 0 Å². The zero-order valence-electron chi connectivity index (χ0n) is 17.3. The van der Waals surface area contributed by atoms with Gasteiger partial charge in [-0.3, -0.25) is 9.69 Å². The molecule has 1 heterocycles. The van der Waals surface area contributed by atoms with Crippen molar-refractivity contribution in [2.75, 3.05) is 36.8 Å². The van der Waals surface area contributed by atoms with Crippen LogP contribution in [0.5, 0.6) is 0 Å². The molecule has 0 radical (unpaired) electrons. The molecule has 1 aromatic heterocycles. The van der Waals surface area contributed by atoms with Gasteiger partial charge in [0.15, 0.2) is 15.0 Å². The smallest absolute Gasteiger partial charge is 0.244 e. The number of sulfone groups is 1. The van der Waals surface area contributed by atoms with E-state index in [-0.39, 0.29) is 29.4 Å². The van der Waals surface area contributed by atoms with Gasteiger partial charge in [-0.2, -0.15) is 0 Å².